The number of allylic oxidation sites excluding steroid dienone is 2. The summed E-state index contributed by atoms with van der Waals surface area (Å²) in [7, 11) is 0. The lowest BCUT2D eigenvalue weighted by Crippen LogP contribution is -2.44. The molecular formula is C22H27N3O5. The summed E-state index contributed by atoms with van der Waals surface area (Å²) >= 11 is 0. The van der Waals surface area contributed by atoms with Crippen molar-refractivity contribution in [3.8, 4) is 0 Å². The van der Waals surface area contributed by atoms with Crippen LogP contribution in [0.15, 0.2) is 35.0 Å². The molecule has 1 N–H and O–H groups in total. The Morgan fingerprint density at radius 3 is 2.47 bits per heavy atom. The Labute approximate surface area is 175 Å². The molecule has 5 rings (SSSR count). The lowest BCUT2D eigenvalue weighted by atomic mass is 9.85. The molecule has 3 fully saturated rings. The van der Waals surface area contributed by atoms with Crippen molar-refractivity contribution >= 4 is 17.7 Å². The van der Waals surface area contributed by atoms with Crippen molar-refractivity contribution in [1.82, 2.24) is 15.1 Å². The summed E-state index contributed by atoms with van der Waals surface area (Å²) < 4.78 is 11.0. The molecule has 0 spiro atoms. The zero-order valence-corrected chi connectivity index (χ0v) is 16.9. The van der Waals surface area contributed by atoms with Gasteiger partial charge in [0, 0.05) is 32.6 Å². The van der Waals surface area contributed by atoms with Crippen LogP contribution in [0.2, 0.25) is 0 Å². The number of furan rings is 1. The van der Waals surface area contributed by atoms with Crippen LogP contribution in [0.4, 0.5) is 0 Å². The predicted molar refractivity (Wildman–Crippen MR) is 106 cm³/mol. The Morgan fingerprint density at radius 2 is 1.83 bits per heavy atom. The number of carbonyl (C=O) groups excluding carboxylic acids is 3. The standard InChI is InChI=1S/C22H27N3O5/c26-18(23-13-16(17-2-1-9-30-17)24-7-10-29-11-8-24)5-6-25-21(27)19-14-3-4-15(12-14)20(19)22(25)28/h1-4,9,14-16,19-20H,5-8,10-13H2,(H,23,26)/t14-,15-,16-,19+,20+/m0/s1. The number of likely N-dealkylation sites (tertiary alicyclic amines) is 1. The van der Waals surface area contributed by atoms with Gasteiger partial charge in [0.05, 0.1) is 37.4 Å². The van der Waals surface area contributed by atoms with Gasteiger partial charge in [-0.25, -0.2) is 0 Å². The van der Waals surface area contributed by atoms with Crippen molar-refractivity contribution in [1.29, 1.82) is 0 Å². The average Bonchev–Trinajstić information content (AvgIpc) is 3.54. The highest BCUT2D eigenvalue weighted by Gasteiger charge is 2.59. The van der Waals surface area contributed by atoms with Crippen molar-refractivity contribution in [3.05, 3.63) is 36.3 Å². The third kappa shape index (κ3) is 3.37. The van der Waals surface area contributed by atoms with E-state index in [0.717, 1.165) is 25.3 Å². The van der Waals surface area contributed by atoms with Gasteiger partial charge in [-0.05, 0) is 30.4 Å². The first-order valence-electron chi connectivity index (χ1n) is 10.8. The summed E-state index contributed by atoms with van der Waals surface area (Å²) in [5.41, 5.74) is 0. The molecule has 1 saturated carbocycles. The van der Waals surface area contributed by atoms with Gasteiger partial charge in [0.25, 0.3) is 0 Å². The summed E-state index contributed by atoms with van der Waals surface area (Å²) in [6, 6.07) is 3.69. The monoisotopic (exact) mass is 413 g/mol. The Balaban J connectivity index is 1.15. The maximum absolute atomic E-state index is 12.7. The van der Waals surface area contributed by atoms with Crippen molar-refractivity contribution in [3.63, 3.8) is 0 Å². The van der Waals surface area contributed by atoms with Crippen LogP contribution in [0.25, 0.3) is 0 Å². The molecule has 8 heteroatoms. The molecule has 4 aliphatic rings. The van der Waals surface area contributed by atoms with Crippen LogP contribution in [0.5, 0.6) is 0 Å². The van der Waals surface area contributed by atoms with E-state index >= 15 is 0 Å². The summed E-state index contributed by atoms with van der Waals surface area (Å²) in [5, 5.41) is 2.96. The van der Waals surface area contributed by atoms with Crippen LogP contribution >= 0.6 is 0 Å². The van der Waals surface area contributed by atoms with Gasteiger partial charge < -0.3 is 14.5 Å². The third-order valence-electron chi connectivity index (χ3n) is 6.97. The van der Waals surface area contributed by atoms with Crippen LogP contribution in [-0.4, -0.2) is 66.9 Å². The van der Waals surface area contributed by atoms with Gasteiger partial charge in [-0.15, -0.1) is 0 Å². The fourth-order valence-electron chi connectivity index (χ4n) is 5.48. The molecule has 3 amide bonds. The van der Waals surface area contributed by atoms with Crippen LogP contribution in [0.3, 0.4) is 0 Å². The summed E-state index contributed by atoms with van der Waals surface area (Å²) in [4.78, 5) is 41.5. The van der Waals surface area contributed by atoms with E-state index in [-0.39, 0.29) is 60.4 Å². The number of imide groups is 1. The average molecular weight is 413 g/mol. The number of hydrogen-bond acceptors (Lipinski definition) is 6. The molecule has 0 unspecified atom stereocenters. The minimum atomic E-state index is -0.208. The third-order valence-corrected chi connectivity index (χ3v) is 6.97. The zero-order chi connectivity index (χ0) is 20.7. The lowest BCUT2D eigenvalue weighted by Gasteiger charge is -2.33. The smallest absolute Gasteiger partial charge is 0.233 e. The quantitative estimate of drug-likeness (QED) is 0.529. The van der Waals surface area contributed by atoms with Crippen LogP contribution < -0.4 is 5.32 Å². The number of amides is 3. The molecule has 2 saturated heterocycles. The van der Waals surface area contributed by atoms with Gasteiger partial charge in [0.15, 0.2) is 0 Å². The maximum Gasteiger partial charge on any atom is 0.233 e. The van der Waals surface area contributed by atoms with E-state index in [1.165, 1.54) is 4.90 Å². The Bertz CT molecular complexity index is 815. The number of hydrogen-bond donors (Lipinski definition) is 1. The molecule has 160 valence electrons. The molecule has 2 bridgehead atoms. The van der Waals surface area contributed by atoms with Crippen LogP contribution in [0, 0.1) is 23.7 Å². The lowest BCUT2D eigenvalue weighted by molar-refractivity contribution is -0.141. The molecule has 8 nitrogen and oxygen atoms in total. The molecule has 1 aromatic heterocycles. The van der Waals surface area contributed by atoms with Crippen LogP contribution in [-0.2, 0) is 19.1 Å². The molecule has 2 aliphatic carbocycles. The first-order valence-corrected chi connectivity index (χ1v) is 10.8. The number of carbonyl (C=O) groups is 3. The number of morpholine rings is 1. The van der Waals surface area contributed by atoms with Crippen molar-refractivity contribution in [2.75, 3.05) is 39.4 Å². The predicted octanol–water partition coefficient (Wildman–Crippen LogP) is 0.966. The first kappa shape index (κ1) is 19.5. The number of rotatable bonds is 7. The van der Waals surface area contributed by atoms with Gasteiger partial charge in [-0.1, -0.05) is 12.2 Å². The van der Waals surface area contributed by atoms with Gasteiger partial charge in [-0.2, -0.15) is 0 Å². The van der Waals surface area contributed by atoms with E-state index in [0.29, 0.717) is 19.8 Å². The Hall–Kier alpha value is -2.45. The van der Waals surface area contributed by atoms with Gasteiger partial charge in [-0.3, -0.25) is 24.2 Å². The highest BCUT2D eigenvalue weighted by atomic mass is 16.5. The fourth-order valence-corrected chi connectivity index (χ4v) is 5.48. The first-order chi connectivity index (χ1) is 14.6. The second kappa shape index (κ2) is 8.00. The van der Waals surface area contributed by atoms with E-state index < -0.39 is 0 Å². The van der Waals surface area contributed by atoms with E-state index in [9.17, 15) is 14.4 Å². The Morgan fingerprint density at radius 1 is 1.13 bits per heavy atom. The Kier molecular flexibility index (Phi) is 5.20. The molecule has 30 heavy (non-hydrogen) atoms. The molecule has 1 aromatic rings. The topological polar surface area (TPSA) is 92.1 Å². The number of nitrogens with one attached hydrogen (secondary N) is 1. The highest BCUT2D eigenvalue weighted by Crippen LogP contribution is 2.52. The highest BCUT2D eigenvalue weighted by molar-refractivity contribution is 6.06. The zero-order valence-electron chi connectivity index (χ0n) is 16.9. The van der Waals surface area contributed by atoms with E-state index in [1.54, 1.807) is 6.26 Å². The van der Waals surface area contributed by atoms with E-state index in [1.807, 2.05) is 12.1 Å². The maximum atomic E-state index is 12.7. The molecule has 0 radical (unpaired) electrons. The van der Waals surface area contributed by atoms with E-state index in [2.05, 4.69) is 22.4 Å². The minimum Gasteiger partial charge on any atom is -0.468 e. The molecule has 5 atom stereocenters. The normalized spacial score (nSPS) is 31.4. The number of nitrogens with zero attached hydrogens (tertiary/aromatic N) is 2. The largest absolute Gasteiger partial charge is 0.468 e. The van der Waals surface area contributed by atoms with Crippen molar-refractivity contribution in [2.24, 2.45) is 23.7 Å². The number of fused-ring (bicyclic) bond motifs is 5. The fraction of sp³-hybridized carbons (Fsp3) is 0.591. The molecule has 2 aliphatic heterocycles. The van der Waals surface area contributed by atoms with E-state index in [4.69, 9.17) is 9.15 Å². The minimum absolute atomic E-state index is 0.0658. The van der Waals surface area contributed by atoms with Gasteiger partial charge in [0.2, 0.25) is 17.7 Å². The summed E-state index contributed by atoms with van der Waals surface area (Å²) in [6.07, 6.45) is 6.82. The second-order valence-corrected chi connectivity index (χ2v) is 8.56. The molecule has 3 heterocycles. The molecule has 0 aromatic carbocycles. The van der Waals surface area contributed by atoms with Gasteiger partial charge >= 0.3 is 0 Å². The van der Waals surface area contributed by atoms with Gasteiger partial charge in [0.1, 0.15) is 5.76 Å². The number of ether oxygens (including phenoxy) is 1. The van der Waals surface area contributed by atoms with Crippen LogP contribution in [0.1, 0.15) is 24.6 Å². The van der Waals surface area contributed by atoms with Crippen molar-refractivity contribution < 1.29 is 23.5 Å². The SMILES string of the molecule is O=C(CCN1C(=O)[C@H]2[C@H](C1=O)[C@H]1C=C[C@H]2C1)NC[C@@H](c1ccco1)N1CCOCC1. The van der Waals surface area contributed by atoms with Crippen molar-refractivity contribution in [2.45, 2.75) is 18.9 Å². The summed E-state index contributed by atoms with van der Waals surface area (Å²) in [6.45, 7) is 3.42. The summed E-state index contributed by atoms with van der Waals surface area (Å²) in [5.74, 6) is 0.403. The second-order valence-electron chi connectivity index (χ2n) is 8.56. The molecular weight excluding hydrogens is 386 g/mol.